The van der Waals surface area contributed by atoms with Gasteiger partial charge >= 0.3 is 0 Å². The van der Waals surface area contributed by atoms with E-state index in [4.69, 9.17) is 11.5 Å². The zero-order valence-electron chi connectivity index (χ0n) is 35.0. The number of hydrogen-bond acceptors (Lipinski definition) is 5. The van der Waals surface area contributed by atoms with Crippen LogP contribution in [-0.2, 0) is 4.79 Å². The van der Waals surface area contributed by atoms with Gasteiger partial charge in [0.1, 0.15) is 0 Å². The van der Waals surface area contributed by atoms with Gasteiger partial charge in [0.2, 0.25) is 5.91 Å². The van der Waals surface area contributed by atoms with Crippen molar-refractivity contribution in [2.45, 2.75) is 201 Å². The third-order valence-corrected chi connectivity index (χ3v) is 17.4. The summed E-state index contributed by atoms with van der Waals surface area (Å²) in [5.74, 6) is 6.63. The van der Waals surface area contributed by atoms with Crippen molar-refractivity contribution in [2.24, 2.45) is 57.8 Å². The molecule has 0 unspecified atom stereocenters. The lowest BCUT2D eigenvalue weighted by Gasteiger charge is -2.58. The first-order chi connectivity index (χ1) is 23.9. The highest BCUT2D eigenvalue weighted by Gasteiger charge is 2.59. The van der Waals surface area contributed by atoms with Crippen LogP contribution >= 0.6 is 21.6 Å². The maximum Gasteiger partial charge on any atom is 0.223 e. The van der Waals surface area contributed by atoms with E-state index in [1.54, 1.807) is 5.57 Å². The SMILES string of the molecule is CC(C)CCC[C@@H](C)[C@H]1CC[C@H]2[C@@H]3CC=C4C[C@@H](SSCCC(=O)N(CCCCCCCC(C)(C)N)CCC(C)(C)N)CC[C@]4(C)[C@H]3CC[C@]12C. The molecule has 296 valence electrons. The maximum absolute atomic E-state index is 13.4. The van der Waals surface area contributed by atoms with Crippen LogP contribution in [0.25, 0.3) is 0 Å². The quantitative estimate of drug-likeness (QED) is 0.0695. The number of carbonyl (C=O) groups is 1. The van der Waals surface area contributed by atoms with Crippen LogP contribution in [0.3, 0.4) is 0 Å². The zero-order valence-corrected chi connectivity index (χ0v) is 36.6. The molecule has 4 rings (SSSR count). The Bertz CT molecular complexity index is 1110. The fourth-order valence-corrected chi connectivity index (χ4v) is 14.0. The van der Waals surface area contributed by atoms with Crippen molar-refractivity contribution in [1.82, 2.24) is 4.90 Å². The van der Waals surface area contributed by atoms with Crippen molar-refractivity contribution in [2.75, 3.05) is 18.8 Å². The summed E-state index contributed by atoms with van der Waals surface area (Å²) in [7, 11) is 4.04. The van der Waals surface area contributed by atoms with Gasteiger partial charge in [-0.05, 0) is 145 Å². The standard InChI is InChI=1S/C45H83N3OS2/c1-33(2)16-15-17-34(3)38-20-21-39-37-19-18-35-32-36(22-26-44(35,8)40(37)23-27-45(38,39)9)51-50-31-24-41(49)48(30-28-43(6,7)47)29-14-12-10-11-13-25-42(4,5)46/h18,33-34,36-40H,10-17,19-32,46-47H2,1-9H3/t34-,36+,37+,38-,39+,40+,44+,45-/m1/s1. The highest BCUT2D eigenvalue weighted by molar-refractivity contribution is 8.76. The molecule has 0 heterocycles. The molecule has 0 aromatic carbocycles. The van der Waals surface area contributed by atoms with Gasteiger partial charge in [0.15, 0.2) is 0 Å². The highest BCUT2D eigenvalue weighted by Crippen LogP contribution is 2.67. The van der Waals surface area contributed by atoms with Crippen molar-refractivity contribution >= 4 is 27.5 Å². The van der Waals surface area contributed by atoms with E-state index in [1.807, 2.05) is 10.8 Å². The smallest absolute Gasteiger partial charge is 0.223 e. The lowest BCUT2D eigenvalue weighted by molar-refractivity contribution is -0.131. The molecule has 6 heteroatoms. The van der Waals surface area contributed by atoms with Gasteiger partial charge in [0.25, 0.3) is 0 Å². The third kappa shape index (κ3) is 12.4. The summed E-state index contributed by atoms with van der Waals surface area (Å²) in [6.45, 7) is 22.8. The van der Waals surface area contributed by atoms with Gasteiger partial charge in [-0.25, -0.2) is 0 Å². The molecule has 0 spiro atoms. The molecule has 3 saturated carbocycles. The van der Waals surface area contributed by atoms with Crippen LogP contribution in [0.1, 0.15) is 184 Å². The first-order valence-corrected chi connectivity index (χ1v) is 24.1. The van der Waals surface area contributed by atoms with Crippen LogP contribution in [0.5, 0.6) is 0 Å². The molecule has 0 radical (unpaired) electrons. The highest BCUT2D eigenvalue weighted by atomic mass is 33.1. The summed E-state index contributed by atoms with van der Waals surface area (Å²) in [4.78, 5) is 15.5. The molecule has 51 heavy (non-hydrogen) atoms. The lowest BCUT2D eigenvalue weighted by atomic mass is 9.47. The van der Waals surface area contributed by atoms with Gasteiger partial charge in [-0.1, -0.05) is 113 Å². The van der Waals surface area contributed by atoms with Gasteiger partial charge in [-0.2, -0.15) is 0 Å². The molecule has 8 atom stereocenters. The van der Waals surface area contributed by atoms with E-state index in [9.17, 15) is 4.79 Å². The molecule has 4 aliphatic carbocycles. The second kappa shape index (κ2) is 19.1. The van der Waals surface area contributed by atoms with E-state index >= 15 is 0 Å². The van der Waals surface area contributed by atoms with E-state index in [0.717, 1.165) is 73.6 Å². The summed E-state index contributed by atoms with van der Waals surface area (Å²) >= 11 is 0. The number of allylic oxidation sites excluding steroid dienone is 2. The predicted molar refractivity (Wildman–Crippen MR) is 227 cm³/mol. The average molecular weight is 746 g/mol. The fraction of sp³-hybridized carbons (Fsp3) is 0.933. The van der Waals surface area contributed by atoms with E-state index in [0.29, 0.717) is 28.4 Å². The molecule has 0 aliphatic heterocycles. The minimum absolute atomic E-state index is 0.0637. The van der Waals surface area contributed by atoms with Crippen molar-refractivity contribution in [1.29, 1.82) is 0 Å². The van der Waals surface area contributed by atoms with Gasteiger partial charge < -0.3 is 16.4 Å². The lowest BCUT2D eigenvalue weighted by Crippen LogP contribution is -2.50. The number of nitrogens with two attached hydrogens (primary N) is 2. The molecule has 4 nitrogen and oxygen atoms in total. The monoisotopic (exact) mass is 746 g/mol. The minimum Gasteiger partial charge on any atom is -0.343 e. The second-order valence-electron chi connectivity index (χ2n) is 20.4. The Hall–Kier alpha value is -0.170. The summed E-state index contributed by atoms with van der Waals surface area (Å²) in [5.41, 5.74) is 15.0. The Labute approximate surface area is 324 Å². The topological polar surface area (TPSA) is 72.3 Å². The summed E-state index contributed by atoms with van der Waals surface area (Å²) in [5, 5.41) is 0.691. The predicted octanol–water partition coefficient (Wildman–Crippen LogP) is 12.2. The molecule has 0 aromatic heterocycles. The van der Waals surface area contributed by atoms with Crippen LogP contribution in [-0.4, -0.2) is 46.0 Å². The first-order valence-electron chi connectivity index (χ1n) is 21.8. The molecule has 4 aliphatic rings. The Balaban J connectivity index is 1.22. The van der Waals surface area contributed by atoms with Crippen molar-refractivity contribution in [3.8, 4) is 0 Å². The molecule has 1 amide bonds. The van der Waals surface area contributed by atoms with Crippen molar-refractivity contribution in [3.63, 3.8) is 0 Å². The second-order valence-corrected chi connectivity index (χ2v) is 23.2. The van der Waals surface area contributed by atoms with Crippen LogP contribution in [0.2, 0.25) is 0 Å². The molecule has 0 aromatic rings. The summed E-state index contributed by atoms with van der Waals surface area (Å²) in [6.07, 6.45) is 26.7. The van der Waals surface area contributed by atoms with Crippen LogP contribution in [0.15, 0.2) is 11.6 Å². The fourth-order valence-electron chi connectivity index (χ4n) is 11.4. The Morgan fingerprint density at radius 3 is 2.27 bits per heavy atom. The molecule has 4 N–H and O–H groups in total. The number of carbonyl (C=O) groups excluding carboxylic acids is 1. The van der Waals surface area contributed by atoms with Crippen LogP contribution in [0.4, 0.5) is 0 Å². The van der Waals surface area contributed by atoms with Crippen LogP contribution in [0, 0.1) is 46.3 Å². The van der Waals surface area contributed by atoms with E-state index in [2.05, 4.69) is 84.1 Å². The number of unbranched alkanes of at least 4 members (excludes halogenated alkanes) is 4. The molecule has 3 fully saturated rings. The van der Waals surface area contributed by atoms with E-state index in [1.165, 1.54) is 96.3 Å². The number of hydrogen-bond donors (Lipinski definition) is 2. The number of nitrogens with zero attached hydrogens (tertiary/aromatic N) is 1. The molecular formula is C45H83N3OS2. The van der Waals surface area contributed by atoms with Gasteiger partial charge in [0, 0.05) is 41.6 Å². The van der Waals surface area contributed by atoms with Crippen LogP contribution < -0.4 is 11.5 Å². The molecular weight excluding hydrogens is 663 g/mol. The summed E-state index contributed by atoms with van der Waals surface area (Å²) in [6, 6.07) is 0. The Kier molecular flexibility index (Phi) is 16.3. The van der Waals surface area contributed by atoms with Gasteiger partial charge in [-0.3, -0.25) is 4.79 Å². The Morgan fingerprint density at radius 2 is 1.57 bits per heavy atom. The van der Waals surface area contributed by atoms with E-state index < -0.39 is 0 Å². The number of amides is 1. The normalized spacial score (nSPS) is 31.5. The maximum atomic E-state index is 13.4. The Morgan fingerprint density at radius 1 is 0.863 bits per heavy atom. The summed E-state index contributed by atoms with van der Waals surface area (Å²) < 4.78 is 0. The average Bonchev–Trinajstić information content (AvgIpc) is 3.40. The van der Waals surface area contributed by atoms with Gasteiger partial charge in [-0.15, -0.1) is 0 Å². The number of fused-ring (bicyclic) bond motifs is 5. The van der Waals surface area contributed by atoms with Crippen molar-refractivity contribution in [3.05, 3.63) is 11.6 Å². The first kappa shape index (κ1) is 43.6. The molecule has 0 saturated heterocycles. The largest absolute Gasteiger partial charge is 0.343 e. The minimum atomic E-state index is -0.246. The zero-order chi connectivity index (χ0) is 37.5. The third-order valence-electron chi connectivity index (χ3n) is 14.5. The van der Waals surface area contributed by atoms with Crippen molar-refractivity contribution < 1.29 is 4.79 Å². The van der Waals surface area contributed by atoms with Gasteiger partial charge in [0.05, 0.1) is 0 Å². The number of rotatable bonds is 21. The molecule has 0 bridgehead atoms. The van der Waals surface area contributed by atoms with E-state index in [-0.39, 0.29) is 11.1 Å².